The summed E-state index contributed by atoms with van der Waals surface area (Å²) in [6.07, 6.45) is 2.53. The topological polar surface area (TPSA) is 74.5 Å². The van der Waals surface area contributed by atoms with Crippen molar-refractivity contribution in [1.82, 2.24) is 9.97 Å². The van der Waals surface area contributed by atoms with Gasteiger partial charge in [-0.05, 0) is 54.1 Å². The second-order valence-corrected chi connectivity index (χ2v) is 8.37. The third-order valence-electron chi connectivity index (χ3n) is 4.43. The van der Waals surface area contributed by atoms with Crippen molar-refractivity contribution >= 4 is 61.1 Å². The SMILES string of the molecule is CC#Cc1sc2ncnc(OC(Cc3cccc4occc34)C(=O)OCC)c2c1I. The van der Waals surface area contributed by atoms with Crippen molar-refractivity contribution in [1.29, 1.82) is 0 Å². The second-order valence-electron chi connectivity index (χ2n) is 6.29. The molecule has 0 amide bonds. The summed E-state index contributed by atoms with van der Waals surface area (Å²) in [6.45, 7) is 3.82. The second kappa shape index (κ2) is 9.02. The molecule has 0 aliphatic rings. The predicted molar refractivity (Wildman–Crippen MR) is 124 cm³/mol. The lowest BCUT2D eigenvalue weighted by Gasteiger charge is -2.18. The van der Waals surface area contributed by atoms with Crippen molar-refractivity contribution < 1.29 is 18.7 Å². The third-order valence-corrected chi connectivity index (χ3v) is 6.89. The van der Waals surface area contributed by atoms with Crippen molar-refractivity contribution in [2.45, 2.75) is 26.4 Å². The fourth-order valence-electron chi connectivity index (χ4n) is 3.14. The number of fused-ring (bicyclic) bond motifs is 2. The van der Waals surface area contributed by atoms with E-state index >= 15 is 0 Å². The summed E-state index contributed by atoms with van der Waals surface area (Å²) in [5.41, 5.74) is 1.69. The fraction of sp³-hybridized carbons (Fsp3) is 0.227. The lowest BCUT2D eigenvalue weighted by molar-refractivity contribution is -0.151. The Morgan fingerprint density at radius 3 is 3.00 bits per heavy atom. The first-order chi connectivity index (χ1) is 14.6. The van der Waals surface area contributed by atoms with Crippen LogP contribution in [0.2, 0.25) is 0 Å². The molecule has 152 valence electrons. The number of furan rings is 1. The van der Waals surface area contributed by atoms with Crippen LogP contribution in [0.5, 0.6) is 5.88 Å². The number of rotatable bonds is 6. The third kappa shape index (κ3) is 4.00. The van der Waals surface area contributed by atoms with Crippen LogP contribution in [0.3, 0.4) is 0 Å². The number of ether oxygens (including phenoxy) is 2. The molecule has 1 unspecified atom stereocenters. The van der Waals surface area contributed by atoms with E-state index in [4.69, 9.17) is 13.9 Å². The molecule has 0 N–H and O–H groups in total. The van der Waals surface area contributed by atoms with Crippen LogP contribution in [0.25, 0.3) is 21.2 Å². The van der Waals surface area contributed by atoms with Gasteiger partial charge in [-0.25, -0.2) is 14.8 Å². The minimum absolute atomic E-state index is 0.264. The van der Waals surface area contributed by atoms with E-state index in [0.29, 0.717) is 12.3 Å². The summed E-state index contributed by atoms with van der Waals surface area (Å²) in [7, 11) is 0. The van der Waals surface area contributed by atoms with Gasteiger partial charge >= 0.3 is 5.97 Å². The molecule has 0 saturated carbocycles. The molecule has 3 heterocycles. The average molecular weight is 532 g/mol. The maximum absolute atomic E-state index is 12.7. The molecule has 3 aromatic heterocycles. The number of esters is 1. The maximum atomic E-state index is 12.7. The largest absolute Gasteiger partial charge is 0.464 e. The molecule has 0 bridgehead atoms. The summed E-state index contributed by atoms with van der Waals surface area (Å²) in [5.74, 6) is 5.90. The number of aromatic nitrogens is 2. The zero-order valence-electron chi connectivity index (χ0n) is 16.3. The van der Waals surface area contributed by atoms with Gasteiger partial charge in [-0.15, -0.1) is 17.3 Å². The molecule has 0 aliphatic heterocycles. The molecule has 0 saturated heterocycles. The van der Waals surface area contributed by atoms with E-state index in [1.807, 2.05) is 24.3 Å². The van der Waals surface area contributed by atoms with Crippen molar-refractivity contribution in [3.8, 4) is 17.7 Å². The number of carbonyl (C=O) groups is 1. The van der Waals surface area contributed by atoms with E-state index in [0.717, 1.165) is 35.2 Å². The Hall–Kier alpha value is -2.64. The Bertz CT molecular complexity index is 1280. The number of thiophene rings is 1. The fourth-order valence-corrected chi connectivity index (χ4v) is 5.20. The van der Waals surface area contributed by atoms with E-state index in [-0.39, 0.29) is 6.61 Å². The molecule has 4 aromatic rings. The van der Waals surface area contributed by atoms with E-state index in [1.165, 1.54) is 17.7 Å². The highest BCUT2D eigenvalue weighted by molar-refractivity contribution is 14.1. The number of hydrogen-bond acceptors (Lipinski definition) is 7. The van der Waals surface area contributed by atoms with Gasteiger partial charge in [0.1, 0.15) is 16.7 Å². The monoisotopic (exact) mass is 532 g/mol. The minimum Gasteiger partial charge on any atom is -0.464 e. The molecule has 0 radical (unpaired) electrons. The van der Waals surface area contributed by atoms with Crippen LogP contribution >= 0.6 is 33.9 Å². The van der Waals surface area contributed by atoms with Gasteiger partial charge < -0.3 is 13.9 Å². The van der Waals surface area contributed by atoms with Crippen LogP contribution in [-0.4, -0.2) is 28.6 Å². The highest BCUT2D eigenvalue weighted by atomic mass is 127. The Morgan fingerprint density at radius 2 is 2.20 bits per heavy atom. The van der Waals surface area contributed by atoms with Crippen molar-refractivity contribution in [3.63, 3.8) is 0 Å². The summed E-state index contributed by atoms with van der Waals surface area (Å²) < 4.78 is 17.8. The Balaban J connectivity index is 1.73. The first-order valence-electron chi connectivity index (χ1n) is 9.26. The first kappa shape index (κ1) is 20.6. The van der Waals surface area contributed by atoms with Gasteiger partial charge in [0.15, 0.2) is 0 Å². The average Bonchev–Trinajstić information content (AvgIpc) is 3.34. The smallest absolute Gasteiger partial charge is 0.347 e. The highest BCUT2D eigenvalue weighted by Gasteiger charge is 2.26. The lowest BCUT2D eigenvalue weighted by atomic mass is 10.0. The molecule has 8 heteroatoms. The van der Waals surface area contributed by atoms with Crippen molar-refractivity contribution in [2.75, 3.05) is 6.61 Å². The zero-order valence-corrected chi connectivity index (χ0v) is 19.2. The highest BCUT2D eigenvalue weighted by Crippen LogP contribution is 2.36. The van der Waals surface area contributed by atoms with E-state index < -0.39 is 12.1 Å². The summed E-state index contributed by atoms with van der Waals surface area (Å²) >= 11 is 3.69. The number of carbonyl (C=O) groups excluding carboxylic acids is 1. The minimum atomic E-state index is -0.861. The van der Waals surface area contributed by atoms with Gasteiger partial charge in [-0.1, -0.05) is 18.1 Å². The molecule has 1 aromatic carbocycles. The molecule has 6 nitrogen and oxygen atoms in total. The Labute approximate surface area is 190 Å². The van der Waals surface area contributed by atoms with Crippen molar-refractivity contribution in [2.24, 2.45) is 0 Å². The predicted octanol–water partition coefficient (Wildman–Crippen LogP) is 4.97. The van der Waals surface area contributed by atoms with Gasteiger partial charge in [0, 0.05) is 11.8 Å². The van der Waals surface area contributed by atoms with Gasteiger partial charge in [-0.2, -0.15) is 0 Å². The van der Waals surface area contributed by atoms with Crippen LogP contribution in [-0.2, 0) is 16.0 Å². The normalized spacial score (nSPS) is 11.8. The number of hydrogen-bond donors (Lipinski definition) is 0. The molecular weight excluding hydrogens is 515 g/mol. The molecule has 0 spiro atoms. The summed E-state index contributed by atoms with van der Waals surface area (Å²) in [6, 6.07) is 7.61. The first-order valence-corrected chi connectivity index (χ1v) is 11.2. The Kier molecular flexibility index (Phi) is 6.20. The maximum Gasteiger partial charge on any atom is 0.347 e. The molecule has 0 fully saturated rings. The van der Waals surface area contributed by atoms with Crippen LogP contribution in [0.15, 0.2) is 41.3 Å². The van der Waals surface area contributed by atoms with E-state index in [1.54, 1.807) is 20.1 Å². The van der Waals surface area contributed by atoms with Crippen LogP contribution < -0.4 is 4.74 Å². The zero-order chi connectivity index (χ0) is 21.1. The van der Waals surface area contributed by atoms with E-state index in [2.05, 4.69) is 44.4 Å². The van der Waals surface area contributed by atoms with Crippen LogP contribution in [0.1, 0.15) is 24.3 Å². The van der Waals surface area contributed by atoms with Crippen LogP contribution in [0, 0.1) is 15.4 Å². The molecule has 1 atom stereocenters. The quantitative estimate of drug-likeness (QED) is 0.199. The van der Waals surface area contributed by atoms with Gasteiger partial charge in [0.05, 0.1) is 26.7 Å². The van der Waals surface area contributed by atoms with Crippen LogP contribution in [0.4, 0.5) is 0 Å². The number of halogens is 1. The lowest BCUT2D eigenvalue weighted by Crippen LogP contribution is -2.32. The molecule has 30 heavy (non-hydrogen) atoms. The summed E-state index contributed by atoms with van der Waals surface area (Å²) in [5, 5.41) is 1.70. The standard InChI is InChI=1S/C22H17IN2O4S/c1-3-6-17-19(23)18-20(24-12-25-21(18)30-17)29-16(22(26)27-4-2)11-13-7-5-8-15-14(13)9-10-28-15/h5,7-10,12,16H,4,11H2,1-2H3. The molecule has 4 rings (SSSR count). The van der Waals surface area contributed by atoms with Gasteiger partial charge in [0.2, 0.25) is 12.0 Å². The Morgan fingerprint density at radius 1 is 1.33 bits per heavy atom. The number of benzene rings is 1. The number of nitrogens with zero attached hydrogens (tertiary/aromatic N) is 2. The summed E-state index contributed by atoms with van der Waals surface area (Å²) in [4.78, 5) is 23.0. The molecule has 0 aliphatic carbocycles. The van der Waals surface area contributed by atoms with E-state index in [9.17, 15) is 4.79 Å². The van der Waals surface area contributed by atoms with Crippen molar-refractivity contribution in [3.05, 3.63) is 50.9 Å². The van der Waals surface area contributed by atoms with Gasteiger partial charge in [0.25, 0.3) is 0 Å². The van der Waals surface area contributed by atoms with Gasteiger partial charge in [-0.3, -0.25) is 0 Å². The molecular formula is C22H17IN2O4S.